The molecule has 0 atom stereocenters. The number of carboxylic acids is 1. The van der Waals surface area contributed by atoms with Crippen LogP contribution in [0.25, 0.3) is 0 Å². The first-order valence-electron chi connectivity index (χ1n) is 4.90. The molecular weight excluding hydrogens is 431 g/mol. The predicted molar refractivity (Wildman–Crippen MR) is 84.0 cm³/mol. The summed E-state index contributed by atoms with van der Waals surface area (Å²) in [7, 11) is 0. The predicted octanol–water partition coefficient (Wildman–Crippen LogP) is 4.26. The Hall–Kier alpha value is -0.670. The Labute approximate surface area is 130 Å². The highest BCUT2D eigenvalue weighted by molar-refractivity contribution is 14.1. The van der Waals surface area contributed by atoms with Crippen molar-refractivity contribution >= 4 is 66.6 Å². The zero-order valence-corrected chi connectivity index (χ0v) is 13.8. The van der Waals surface area contributed by atoms with Crippen LogP contribution in [-0.4, -0.2) is 16.1 Å². The van der Waals surface area contributed by atoms with Gasteiger partial charge in [0.25, 0.3) is 0 Å². The van der Waals surface area contributed by atoms with Crippen molar-refractivity contribution in [2.45, 2.75) is 6.92 Å². The second kappa shape index (κ2) is 5.54. The average molecular weight is 439 g/mol. The summed E-state index contributed by atoms with van der Waals surface area (Å²) >= 11 is 6.78. The van der Waals surface area contributed by atoms with Crippen molar-refractivity contribution in [1.29, 1.82) is 0 Å². The Bertz CT molecular complexity index is 615. The third-order valence-electron chi connectivity index (χ3n) is 2.16. The number of carboxylic acid groups (broad SMARTS) is 1. The zero-order chi connectivity index (χ0) is 13.3. The molecule has 0 spiro atoms. The van der Waals surface area contributed by atoms with E-state index in [0.717, 1.165) is 25.1 Å². The van der Waals surface area contributed by atoms with Gasteiger partial charge in [-0.2, -0.15) is 0 Å². The molecule has 94 valence electrons. The number of rotatable bonds is 3. The van der Waals surface area contributed by atoms with Gasteiger partial charge in [0.05, 0.1) is 11.4 Å². The van der Waals surface area contributed by atoms with Crippen LogP contribution in [0.15, 0.2) is 22.7 Å². The fourth-order valence-corrected chi connectivity index (χ4v) is 3.01. The number of hydrogen-bond acceptors (Lipinski definition) is 4. The summed E-state index contributed by atoms with van der Waals surface area (Å²) in [4.78, 5) is 15.4. The monoisotopic (exact) mass is 438 g/mol. The molecule has 0 saturated carbocycles. The van der Waals surface area contributed by atoms with Crippen LogP contribution >= 0.6 is 49.9 Å². The second-order valence-corrected chi connectivity index (χ2v) is 6.59. The number of nitrogens with zero attached hydrogens (tertiary/aromatic N) is 1. The lowest BCUT2D eigenvalue weighted by Gasteiger charge is -2.05. The molecule has 2 rings (SSSR count). The maximum absolute atomic E-state index is 10.9. The molecule has 1 aromatic heterocycles. The highest BCUT2D eigenvalue weighted by Gasteiger charge is 2.14. The van der Waals surface area contributed by atoms with Crippen LogP contribution in [0.3, 0.4) is 0 Å². The van der Waals surface area contributed by atoms with Crippen molar-refractivity contribution in [3.63, 3.8) is 0 Å². The van der Waals surface area contributed by atoms with Gasteiger partial charge in [-0.3, -0.25) is 0 Å². The highest BCUT2D eigenvalue weighted by atomic mass is 127. The molecule has 1 aromatic carbocycles. The Balaban J connectivity index is 2.31. The van der Waals surface area contributed by atoms with Gasteiger partial charge in [0.1, 0.15) is 4.88 Å². The number of benzene rings is 1. The minimum absolute atomic E-state index is 0.263. The van der Waals surface area contributed by atoms with Crippen molar-refractivity contribution in [3.05, 3.63) is 36.8 Å². The molecule has 4 nitrogen and oxygen atoms in total. The maximum atomic E-state index is 10.9. The normalized spacial score (nSPS) is 10.4. The van der Waals surface area contributed by atoms with E-state index in [1.54, 1.807) is 6.92 Å². The Morgan fingerprint density at radius 3 is 2.89 bits per heavy atom. The van der Waals surface area contributed by atoms with Crippen molar-refractivity contribution in [2.24, 2.45) is 0 Å². The smallest absolute Gasteiger partial charge is 0.347 e. The van der Waals surface area contributed by atoms with Crippen LogP contribution in [0.4, 0.5) is 10.8 Å². The number of nitrogens with one attached hydrogen (secondary N) is 1. The van der Waals surface area contributed by atoms with Crippen molar-refractivity contribution in [2.75, 3.05) is 5.32 Å². The summed E-state index contributed by atoms with van der Waals surface area (Å²) in [6.45, 7) is 1.69. The van der Waals surface area contributed by atoms with Crippen molar-refractivity contribution < 1.29 is 9.90 Å². The number of aromatic nitrogens is 1. The number of thiazole rings is 1. The molecule has 0 saturated heterocycles. The van der Waals surface area contributed by atoms with Gasteiger partial charge in [-0.05, 0) is 63.6 Å². The molecule has 18 heavy (non-hydrogen) atoms. The molecule has 0 aliphatic rings. The van der Waals surface area contributed by atoms with E-state index in [1.807, 2.05) is 18.2 Å². The first kappa shape index (κ1) is 13.8. The third kappa shape index (κ3) is 3.01. The summed E-state index contributed by atoms with van der Waals surface area (Å²) in [6, 6.07) is 5.87. The molecule has 0 radical (unpaired) electrons. The number of aryl methyl sites for hydroxylation is 1. The lowest BCUT2D eigenvalue weighted by atomic mass is 10.3. The van der Waals surface area contributed by atoms with Crippen molar-refractivity contribution in [3.8, 4) is 0 Å². The van der Waals surface area contributed by atoms with Gasteiger partial charge in [0.2, 0.25) is 0 Å². The summed E-state index contributed by atoms with van der Waals surface area (Å²) in [5, 5.41) is 12.7. The number of carbonyl (C=O) groups is 1. The molecule has 0 unspecified atom stereocenters. The summed E-state index contributed by atoms with van der Waals surface area (Å²) in [5.41, 5.74) is 1.39. The van der Waals surface area contributed by atoms with Crippen LogP contribution in [0, 0.1) is 10.5 Å². The van der Waals surface area contributed by atoms with Crippen LogP contribution in [0.5, 0.6) is 0 Å². The van der Waals surface area contributed by atoms with Gasteiger partial charge < -0.3 is 10.4 Å². The SMILES string of the molecule is Cc1nc(Nc2cc(I)ccc2Br)sc1C(=O)O. The number of hydrogen-bond donors (Lipinski definition) is 2. The molecule has 0 fully saturated rings. The van der Waals surface area contributed by atoms with E-state index in [2.05, 4.69) is 48.8 Å². The van der Waals surface area contributed by atoms with E-state index in [-0.39, 0.29) is 4.88 Å². The topological polar surface area (TPSA) is 62.2 Å². The Morgan fingerprint density at radius 2 is 2.28 bits per heavy atom. The third-order valence-corrected chi connectivity index (χ3v) is 4.58. The van der Waals surface area contributed by atoms with E-state index >= 15 is 0 Å². The molecule has 0 amide bonds. The average Bonchev–Trinajstić information content (AvgIpc) is 2.65. The van der Waals surface area contributed by atoms with E-state index in [0.29, 0.717) is 10.8 Å². The number of aromatic carboxylic acids is 1. The summed E-state index contributed by atoms with van der Waals surface area (Å²) < 4.78 is 2.00. The standard InChI is InChI=1S/C11H8BrIN2O2S/c1-5-9(10(16)17)18-11(14-5)15-8-4-6(13)2-3-7(8)12/h2-4H,1H3,(H,14,15)(H,16,17). The quantitative estimate of drug-likeness (QED) is 0.703. The molecule has 1 heterocycles. The first-order chi connectivity index (χ1) is 8.47. The van der Waals surface area contributed by atoms with Gasteiger partial charge in [0, 0.05) is 8.04 Å². The lowest BCUT2D eigenvalue weighted by molar-refractivity contribution is 0.0701. The molecule has 7 heteroatoms. The zero-order valence-electron chi connectivity index (χ0n) is 9.20. The summed E-state index contributed by atoms with van der Waals surface area (Å²) in [5.74, 6) is -0.945. The van der Waals surface area contributed by atoms with Gasteiger partial charge >= 0.3 is 5.97 Å². The van der Waals surface area contributed by atoms with E-state index in [4.69, 9.17) is 5.11 Å². The van der Waals surface area contributed by atoms with Gasteiger partial charge in [-0.25, -0.2) is 9.78 Å². The minimum atomic E-state index is -0.945. The van der Waals surface area contributed by atoms with E-state index in [1.165, 1.54) is 0 Å². The maximum Gasteiger partial charge on any atom is 0.347 e. The van der Waals surface area contributed by atoms with Crippen LogP contribution in [0.1, 0.15) is 15.4 Å². The van der Waals surface area contributed by atoms with Crippen LogP contribution in [0.2, 0.25) is 0 Å². The number of anilines is 2. The Kier molecular flexibility index (Phi) is 4.23. The van der Waals surface area contributed by atoms with Crippen LogP contribution < -0.4 is 5.32 Å². The van der Waals surface area contributed by atoms with E-state index in [9.17, 15) is 4.79 Å². The first-order valence-corrected chi connectivity index (χ1v) is 7.59. The van der Waals surface area contributed by atoms with Crippen molar-refractivity contribution in [1.82, 2.24) is 4.98 Å². The highest BCUT2D eigenvalue weighted by Crippen LogP contribution is 2.30. The molecular formula is C11H8BrIN2O2S. The molecule has 0 bridgehead atoms. The summed E-state index contributed by atoms with van der Waals surface area (Å²) in [6.07, 6.45) is 0. The minimum Gasteiger partial charge on any atom is -0.477 e. The van der Waals surface area contributed by atoms with Crippen LogP contribution in [-0.2, 0) is 0 Å². The molecule has 2 N–H and O–H groups in total. The molecule has 0 aliphatic heterocycles. The lowest BCUT2D eigenvalue weighted by Crippen LogP contribution is -1.94. The fourth-order valence-electron chi connectivity index (χ4n) is 1.36. The Morgan fingerprint density at radius 1 is 1.56 bits per heavy atom. The van der Waals surface area contributed by atoms with E-state index < -0.39 is 5.97 Å². The van der Waals surface area contributed by atoms with Gasteiger partial charge in [0.15, 0.2) is 5.13 Å². The second-order valence-electron chi connectivity index (χ2n) is 3.49. The van der Waals surface area contributed by atoms with Gasteiger partial charge in [-0.15, -0.1) is 0 Å². The van der Waals surface area contributed by atoms with Gasteiger partial charge in [-0.1, -0.05) is 11.3 Å². The largest absolute Gasteiger partial charge is 0.477 e. The fraction of sp³-hybridized carbons (Fsp3) is 0.0909. The molecule has 2 aromatic rings. The number of halogens is 2. The molecule has 0 aliphatic carbocycles.